The summed E-state index contributed by atoms with van der Waals surface area (Å²) in [5.74, 6) is 1.01. The molecule has 0 radical (unpaired) electrons. The van der Waals surface area contributed by atoms with Gasteiger partial charge in [0.05, 0.1) is 13.3 Å². The molecule has 22 heavy (non-hydrogen) atoms. The second-order valence-corrected chi connectivity index (χ2v) is 4.87. The van der Waals surface area contributed by atoms with Gasteiger partial charge in [0.15, 0.2) is 5.82 Å². The van der Waals surface area contributed by atoms with E-state index in [1.54, 1.807) is 31.5 Å². The predicted molar refractivity (Wildman–Crippen MR) is 85.8 cm³/mol. The molecule has 4 N–H and O–H groups in total. The molecule has 1 aromatic heterocycles. The van der Waals surface area contributed by atoms with Gasteiger partial charge in [0.1, 0.15) is 5.75 Å². The highest BCUT2D eigenvalue weighted by atomic mass is 16.5. The zero-order valence-electron chi connectivity index (χ0n) is 11.9. The number of nitrogens with zero attached hydrogens (tertiary/aromatic N) is 2. The summed E-state index contributed by atoms with van der Waals surface area (Å²) in [7, 11) is 0.0323. The Morgan fingerprint density at radius 1 is 1.14 bits per heavy atom. The monoisotopic (exact) mass is 295 g/mol. The van der Waals surface area contributed by atoms with Gasteiger partial charge in [-0.2, -0.15) is 5.10 Å². The van der Waals surface area contributed by atoms with E-state index >= 15 is 0 Å². The molecule has 0 fully saturated rings. The SMILES string of the molecule is COc1ccc(B(O)O)cc1-c1ccc2c(N)nncc2c1. The average Bonchev–Trinajstić information content (AvgIpc) is 2.54. The topological polar surface area (TPSA) is 101 Å². The molecule has 0 atom stereocenters. The number of hydrogen-bond acceptors (Lipinski definition) is 6. The van der Waals surface area contributed by atoms with Crippen LogP contribution in [0.5, 0.6) is 5.75 Å². The van der Waals surface area contributed by atoms with Crippen molar-refractivity contribution in [3.05, 3.63) is 42.6 Å². The van der Waals surface area contributed by atoms with Gasteiger partial charge in [0, 0.05) is 16.3 Å². The molecular formula is C15H14BN3O3. The molecule has 0 aliphatic rings. The lowest BCUT2D eigenvalue weighted by Crippen LogP contribution is -2.29. The first kappa shape index (κ1) is 14.3. The number of ether oxygens (including phenoxy) is 1. The minimum absolute atomic E-state index is 0.371. The van der Waals surface area contributed by atoms with Crippen molar-refractivity contribution in [2.24, 2.45) is 0 Å². The first-order valence-electron chi connectivity index (χ1n) is 6.65. The lowest BCUT2D eigenvalue weighted by Gasteiger charge is -2.12. The fourth-order valence-corrected chi connectivity index (χ4v) is 2.39. The molecule has 3 aromatic rings. The lowest BCUT2D eigenvalue weighted by molar-refractivity contribution is 0.415. The smallest absolute Gasteiger partial charge is 0.488 e. The van der Waals surface area contributed by atoms with Crippen LogP contribution in [0, 0.1) is 0 Å². The van der Waals surface area contributed by atoms with Crippen LogP contribution in [0.1, 0.15) is 0 Å². The van der Waals surface area contributed by atoms with Crippen molar-refractivity contribution in [1.29, 1.82) is 0 Å². The molecule has 0 bridgehead atoms. The molecule has 0 saturated heterocycles. The number of nitrogen functional groups attached to an aromatic ring is 1. The van der Waals surface area contributed by atoms with E-state index in [2.05, 4.69) is 10.2 Å². The van der Waals surface area contributed by atoms with Gasteiger partial charge in [0.25, 0.3) is 0 Å². The van der Waals surface area contributed by atoms with Crippen LogP contribution in [0.2, 0.25) is 0 Å². The molecule has 0 unspecified atom stereocenters. The largest absolute Gasteiger partial charge is 0.496 e. The van der Waals surface area contributed by atoms with Gasteiger partial charge < -0.3 is 20.5 Å². The summed E-state index contributed by atoms with van der Waals surface area (Å²) in [6.07, 6.45) is 1.63. The molecular weight excluding hydrogens is 281 g/mol. The van der Waals surface area contributed by atoms with Crippen LogP contribution in [0.4, 0.5) is 5.82 Å². The van der Waals surface area contributed by atoms with E-state index in [-0.39, 0.29) is 0 Å². The molecule has 6 nitrogen and oxygen atoms in total. The number of aromatic nitrogens is 2. The second kappa shape index (κ2) is 5.63. The Morgan fingerprint density at radius 3 is 2.68 bits per heavy atom. The summed E-state index contributed by atoms with van der Waals surface area (Å²) >= 11 is 0. The lowest BCUT2D eigenvalue weighted by atomic mass is 9.79. The number of rotatable bonds is 3. The summed E-state index contributed by atoms with van der Waals surface area (Å²) in [4.78, 5) is 0. The van der Waals surface area contributed by atoms with Crippen LogP contribution in [0.15, 0.2) is 42.6 Å². The highest BCUT2D eigenvalue weighted by Crippen LogP contribution is 2.31. The molecule has 1 heterocycles. The van der Waals surface area contributed by atoms with E-state index in [9.17, 15) is 10.0 Å². The van der Waals surface area contributed by atoms with Gasteiger partial charge in [-0.15, -0.1) is 5.10 Å². The quantitative estimate of drug-likeness (QED) is 0.611. The third-order valence-electron chi connectivity index (χ3n) is 3.52. The van der Waals surface area contributed by atoms with Gasteiger partial charge in [-0.3, -0.25) is 0 Å². The van der Waals surface area contributed by atoms with Crippen molar-refractivity contribution >= 4 is 29.2 Å². The highest BCUT2D eigenvalue weighted by Gasteiger charge is 2.15. The first-order chi connectivity index (χ1) is 10.6. The van der Waals surface area contributed by atoms with Gasteiger partial charge in [-0.25, -0.2) is 0 Å². The molecule has 0 amide bonds. The molecule has 2 aromatic carbocycles. The van der Waals surface area contributed by atoms with Crippen molar-refractivity contribution in [3.63, 3.8) is 0 Å². The fourth-order valence-electron chi connectivity index (χ4n) is 2.39. The van der Waals surface area contributed by atoms with Crippen LogP contribution >= 0.6 is 0 Å². The maximum absolute atomic E-state index is 9.35. The van der Waals surface area contributed by atoms with E-state index in [0.29, 0.717) is 17.0 Å². The molecule has 0 aliphatic heterocycles. The molecule has 0 aliphatic carbocycles. The zero-order chi connectivity index (χ0) is 15.7. The van der Waals surface area contributed by atoms with E-state index in [0.717, 1.165) is 21.9 Å². The van der Waals surface area contributed by atoms with Gasteiger partial charge in [0.2, 0.25) is 0 Å². The summed E-state index contributed by atoms with van der Waals surface area (Å²) in [5.41, 5.74) is 7.81. The maximum atomic E-state index is 9.35. The number of nitrogens with two attached hydrogens (primary N) is 1. The Hall–Kier alpha value is -2.64. The summed E-state index contributed by atoms with van der Waals surface area (Å²) in [6.45, 7) is 0. The third-order valence-corrected chi connectivity index (χ3v) is 3.52. The van der Waals surface area contributed by atoms with Crippen molar-refractivity contribution in [3.8, 4) is 16.9 Å². The van der Waals surface area contributed by atoms with Gasteiger partial charge in [-0.05, 0) is 29.2 Å². The predicted octanol–water partition coefficient (Wildman–Crippen LogP) is 0.567. The number of anilines is 1. The molecule has 110 valence electrons. The first-order valence-corrected chi connectivity index (χ1v) is 6.65. The van der Waals surface area contributed by atoms with Crippen LogP contribution < -0.4 is 15.9 Å². The van der Waals surface area contributed by atoms with Gasteiger partial charge >= 0.3 is 7.12 Å². The van der Waals surface area contributed by atoms with Gasteiger partial charge in [-0.1, -0.05) is 18.2 Å². The van der Waals surface area contributed by atoms with Crippen LogP contribution in [-0.2, 0) is 0 Å². The molecule has 7 heteroatoms. The number of methoxy groups -OCH3 is 1. The van der Waals surface area contributed by atoms with E-state index in [1.807, 2.05) is 18.2 Å². The summed E-state index contributed by atoms with van der Waals surface area (Å²) in [6, 6.07) is 10.6. The molecule has 0 spiro atoms. The highest BCUT2D eigenvalue weighted by molar-refractivity contribution is 6.58. The number of benzene rings is 2. The minimum atomic E-state index is -1.54. The van der Waals surface area contributed by atoms with Crippen molar-refractivity contribution in [1.82, 2.24) is 10.2 Å². The van der Waals surface area contributed by atoms with E-state index in [1.165, 1.54) is 0 Å². The van der Waals surface area contributed by atoms with Crippen molar-refractivity contribution < 1.29 is 14.8 Å². The van der Waals surface area contributed by atoms with Crippen molar-refractivity contribution in [2.75, 3.05) is 12.8 Å². The summed E-state index contributed by atoms with van der Waals surface area (Å²) in [5, 5.41) is 28.0. The molecule has 0 saturated carbocycles. The Bertz CT molecular complexity index is 839. The summed E-state index contributed by atoms with van der Waals surface area (Å²) < 4.78 is 5.35. The fraction of sp³-hybridized carbons (Fsp3) is 0.0667. The van der Waals surface area contributed by atoms with Crippen molar-refractivity contribution in [2.45, 2.75) is 0 Å². The molecule has 3 rings (SSSR count). The average molecular weight is 295 g/mol. The standard InChI is InChI=1S/C15H14BN3O3/c1-22-14-5-3-11(16(20)21)7-13(14)9-2-4-12-10(6-9)8-18-19-15(12)17/h2-8,20-21H,1H3,(H2,17,19). The maximum Gasteiger partial charge on any atom is 0.488 e. The Labute approximate surface area is 127 Å². The number of fused-ring (bicyclic) bond motifs is 1. The van der Waals surface area contributed by atoms with Crippen LogP contribution in [0.25, 0.3) is 21.9 Å². The van der Waals surface area contributed by atoms with Crippen LogP contribution in [0.3, 0.4) is 0 Å². The van der Waals surface area contributed by atoms with Crippen LogP contribution in [-0.4, -0.2) is 34.5 Å². The minimum Gasteiger partial charge on any atom is -0.496 e. The Balaban J connectivity index is 2.19. The Kier molecular flexibility index (Phi) is 3.66. The second-order valence-electron chi connectivity index (χ2n) is 4.87. The normalized spacial score (nSPS) is 10.7. The van der Waals surface area contributed by atoms with E-state index < -0.39 is 7.12 Å². The Morgan fingerprint density at radius 2 is 1.95 bits per heavy atom. The third kappa shape index (κ3) is 2.47. The van der Waals surface area contributed by atoms with E-state index in [4.69, 9.17) is 10.5 Å². The number of hydrogen-bond donors (Lipinski definition) is 3. The zero-order valence-corrected chi connectivity index (χ0v) is 11.9.